The molecule has 0 saturated carbocycles. The normalized spacial score (nSPS) is 14.5. The molecule has 0 fully saturated rings. The zero-order chi connectivity index (χ0) is 25.4. The molecule has 0 aliphatic carbocycles. The van der Waals surface area contributed by atoms with Gasteiger partial charge in [-0.2, -0.15) is 5.10 Å². The van der Waals surface area contributed by atoms with E-state index in [0.717, 1.165) is 40.4 Å². The van der Waals surface area contributed by atoms with Gasteiger partial charge in [0.15, 0.2) is 0 Å². The van der Waals surface area contributed by atoms with Gasteiger partial charge in [0.05, 0.1) is 29.7 Å². The summed E-state index contributed by atoms with van der Waals surface area (Å²) in [5.74, 6) is 0.960. The number of amides is 2. The van der Waals surface area contributed by atoms with E-state index in [4.69, 9.17) is 16.7 Å². The molecule has 2 aromatic heterocycles. The monoisotopic (exact) mass is 507 g/mol. The zero-order valence-corrected chi connectivity index (χ0v) is 21.1. The number of aryl methyl sites for hydroxylation is 1. The number of carbonyl (C=O) groups excluding carboxylic acids is 1. The van der Waals surface area contributed by atoms with Gasteiger partial charge in [0.1, 0.15) is 5.82 Å². The minimum Gasteiger partial charge on any atom is -0.308 e. The van der Waals surface area contributed by atoms with E-state index >= 15 is 0 Å². The molecule has 0 radical (unpaired) electrons. The average molecular weight is 508 g/mol. The number of para-hydroxylation sites is 1. The quantitative estimate of drug-likeness (QED) is 0.284. The summed E-state index contributed by atoms with van der Waals surface area (Å²) in [7, 11) is 0. The van der Waals surface area contributed by atoms with Gasteiger partial charge in [-0.25, -0.2) is 9.48 Å². The molecule has 3 aromatic carbocycles. The molecule has 184 valence electrons. The summed E-state index contributed by atoms with van der Waals surface area (Å²) in [6, 6.07) is 31.1. The summed E-state index contributed by atoms with van der Waals surface area (Å²) in [6.45, 7) is 2.50. The van der Waals surface area contributed by atoms with Gasteiger partial charge < -0.3 is 14.8 Å². The van der Waals surface area contributed by atoms with Crippen LogP contribution in [0.4, 0.5) is 10.5 Å². The van der Waals surface area contributed by atoms with Crippen LogP contribution < -0.4 is 5.32 Å². The molecular weight excluding hydrogens is 482 g/mol. The van der Waals surface area contributed by atoms with Gasteiger partial charge >= 0.3 is 6.03 Å². The van der Waals surface area contributed by atoms with Crippen molar-refractivity contribution in [1.29, 1.82) is 0 Å². The number of aromatic nitrogens is 3. The fraction of sp³-hybridized carbons (Fsp3) is 0.133. The van der Waals surface area contributed by atoms with E-state index in [-0.39, 0.29) is 12.1 Å². The number of nitrogens with zero attached hydrogens (tertiary/aromatic N) is 4. The number of halogens is 1. The van der Waals surface area contributed by atoms with Crippen LogP contribution in [0.5, 0.6) is 0 Å². The number of rotatable bonds is 4. The van der Waals surface area contributed by atoms with Crippen LogP contribution in [0.3, 0.4) is 0 Å². The van der Waals surface area contributed by atoms with Crippen LogP contribution in [0.2, 0.25) is 5.02 Å². The Balaban J connectivity index is 1.55. The lowest BCUT2D eigenvalue weighted by Crippen LogP contribution is -2.38. The van der Waals surface area contributed by atoms with Crippen molar-refractivity contribution in [3.05, 3.63) is 131 Å². The van der Waals surface area contributed by atoms with Crippen molar-refractivity contribution in [2.45, 2.75) is 25.9 Å². The second kappa shape index (κ2) is 9.64. The van der Waals surface area contributed by atoms with E-state index in [0.29, 0.717) is 17.3 Å². The van der Waals surface area contributed by atoms with E-state index in [9.17, 15) is 4.79 Å². The molecule has 0 unspecified atom stereocenters. The van der Waals surface area contributed by atoms with E-state index in [1.807, 2.05) is 64.2 Å². The Labute approximate surface area is 220 Å². The second-order valence-corrected chi connectivity index (χ2v) is 9.47. The van der Waals surface area contributed by atoms with Gasteiger partial charge in [-0.05, 0) is 54.4 Å². The van der Waals surface area contributed by atoms with Crippen LogP contribution in [-0.4, -0.2) is 25.3 Å². The highest BCUT2D eigenvalue weighted by atomic mass is 35.5. The van der Waals surface area contributed by atoms with Crippen LogP contribution in [0.25, 0.3) is 11.5 Å². The first kappa shape index (κ1) is 23.1. The van der Waals surface area contributed by atoms with Crippen molar-refractivity contribution in [3.8, 4) is 11.5 Å². The molecule has 0 saturated heterocycles. The standard InChI is InChI=1S/C30H26ClN5O/c1-2-26-25-20-35(30(37)32-23-14-9-13-22(31)19-23)28(21-11-5-3-6-12-21)27-17-10-18-34(27)29(25)36(33-26)24-15-7-4-8-16-24/h3-19,28H,2,20H2,1H3,(H,32,37)/t28-/m1/s1. The molecule has 1 atom stereocenters. The fourth-order valence-electron chi connectivity index (χ4n) is 5.10. The number of benzene rings is 3. The van der Waals surface area contributed by atoms with Crippen LogP contribution >= 0.6 is 11.6 Å². The Morgan fingerprint density at radius 3 is 2.46 bits per heavy atom. The van der Waals surface area contributed by atoms with Gasteiger partial charge in [-0.1, -0.05) is 73.1 Å². The first-order chi connectivity index (χ1) is 18.1. The molecule has 6 rings (SSSR count). The minimum absolute atomic E-state index is 0.203. The maximum atomic E-state index is 14.0. The average Bonchev–Trinajstić information content (AvgIpc) is 3.51. The number of hydrogen-bond acceptors (Lipinski definition) is 2. The van der Waals surface area contributed by atoms with Crippen molar-refractivity contribution < 1.29 is 4.79 Å². The Hall–Kier alpha value is -4.29. The first-order valence-electron chi connectivity index (χ1n) is 12.4. The topological polar surface area (TPSA) is 55.1 Å². The lowest BCUT2D eigenvalue weighted by atomic mass is 10.0. The predicted molar refractivity (Wildman–Crippen MR) is 147 cm³/mol. The summed E-state index contributed by atoms with van der Waals surface area (Å²) in [6.07, 6.45) is 2.81. The predicted octanol–water partition coefficient (Wildman–Crippen LogP) is 7.02. The number of urea groups is 1. The van der Waals surface area contributed by atoms with Crippen molar-refractivity contribution >= 4 is 23.3 Å². The largest absolute Gasteiger partial charge is 0.322 e. The first-order valence-corrected chi connectivity index (χ1v) is 12.7. The van der Waals surface area contributed by atoms with E-state index in [1.165, 1.54) is 0 Å². The Morgan fingerprint density at radius 1 is 0.973 bits per heavy atom. The van der Waals surface area contributed by atoms with Crippen LogP contribution in [0.15, 0.2) is 103 Å². The molecule has 7 heteroatoms. The summed E-state index contributed by atoms with van der Waals surface area (Å²) < 4.78 is 4.18. The number of nitrogens with one attached hydrogen (secondary N) is 1. The van der Waals surface area contributed by atoms with Crippen LogP contribution in [-0.2, 0) is 13.0 Å². The Bertz CT molecular complexity index is 1560. The zero-order valence-electron chi connectivity index (χ0n) is 20.4. The van der Waals surface area contributed by atoms with E-state index in [1.54, 1.807) is 12.1 Å². The highest BCUT2D eigenvalue weighted by Gasteiger charge is 2.36. The molecule has 37 heavy (non-hydrogen) atoms. The number of hydrogen-bond donors (Lipinski definition) is 1. The molecule has 1 aliphatic rings. The SMILES string of the molecule is CCc1nn(-c2ccccc2)c2c1CN(C(=O)Nc1cccc(Cl)c1)[C@H](c1ccccc1)c1cccn1-2. The molecule has 5 aromatic rings. The molecule has 3 heterocycles. The van der Waals surface area contributed by atoms with E-state index < -0.39 is 0 Å². The smallest absolute Gasteiger partial charge is 0.308 e. The lowest BCUT2D eigenvalue weighted by Gasteiger charge is -2.31. The van der Waals surface area contributed by atoms with Crippen molar-refractivity contribution in [2.75, 3.05) is 5.32 Å². The third kappa shape index (κ3) is 4.19. The maximum absolute atomic E-state index is 14.0. The molecular formula is C30H26ClN5O. The highest BCUT2D eigenvalue weighted by molar-refractivity contribution is 6.30. The van der Waals surface area contributed by atoms with Crippen molar-refractivity contribution in [1.82, 2.24) is 19.2 Å². The van der Waals surface area contributed by atoms with Crippen molar-refractivity contribution in [3.63, 3.8) is 0 Å². The molecule has 1 aliphatic heterocycles. The number of anilines is 1. The Kier molecular flexibility index (Phi) is 6.02. The molecule has 6 nitrogen and oxygen atoms in total. The Morgan fingerprint density at radius 2 is 1.73 bits per heavy atom. The van der Waals surface area contributed by atoms with Crippen LogP contribution in [0.1, 0.15) is 35.5 Å². The molecule has 0 spiro atoms. The molecule has 1 N–H and O–H groups in total. The number of carbonyl (C=O) groups is 1. The third-order valence-electron chi connectivity index (χ3n) is 6.76. The summed E-state index contributed by atoms with van der Waals surface area (Å²) in [5.41, 5.74) is 5.65. The summed E-state index contributed by atoms with van der Waals surface area (Å²) in [4.78, 5) is 15.9. The highest BCUT2D eigenvalue weighted by Crippen LogP contribution is 2.39. The molecule has 2 amide bonds. The second-order valence-electron chi connectivity index (χ2n) is 9.03. The minimum atomic E-state index is -0.309. The van der Waals surface area contributed by atoms with Gasteiger partial charge in [0.25, 0.3) is 0 Å². The maximum Gasteiger partial charge on any atom is 0.322 e. The lowest BCUT2D eigenvalue weighted by molar-refractivity contribution is 0.194. The third-order valence-corrected chi connectivity index (χ3v) is 6.99. The molecule has 0 bridgehead atoms. The van der Waals surface area contributed by atoms with Gasteiger partial charge in [-0.3, -0.25) is 0 Å². The van der Waals surface area contributed by atoms with Crippen LogP contribution in [0, 0.1) is 0 Å². The summed E-state index contributed by atoms with van der Waals surface area (Å²) >= 11 is 6.21. The number of fused-ring (bicyclic) bond motifs is 3. The van der Waals surface area contributed by atoms with Crippen molar-refractivity contribution in [2.24, 2.45) is 0 Å². The van der Waals surface area contributed by atoms with Gasteiger partial charge in [-0.15, -0.1) is 0 Å². The van der Waals surface area contributed by atoms with E-state index in [2.05, 4.69) is 53.3 Å². The fourth-order valence-corrected chi connectivity index (χ4v) is 5.29. The summed E-state index contributed by atoms with van der Waals surface area (Å²) in [5, 5.41) is 8.65. The van der Waals surface area contributed by atoms with Gasteiger partial charge in [0, 0.05) is 22.5 Å². The van der Waals surface area contributed by atoms with Gasteiger partial charge in [0.2, 0.25) is 0 Å².